The van der Waals surface area contributed by atoms with E-state index in [1.165, 1.54) is 0 Å². The summed E-state index contributed by atoms with van der Waals surface area (Å²) in [4.78, 5) is 27.0. The molecule has 1 aromatic rings. The summed E-state index contributed by atoms with van der Waals surface area (Å²) in [6.45, 7) is 3.25. The van der Waals surface area contributed by atoms with Crippen LogP contribution in [0.15, 0.2) is 36.4 Å². The molecule has 1 rings (SSSR count). The van der Waals surface area contributed by atoms with Gasteiger partial charge in [0.15, 0.2) is 0 Å². The highest BCUT2D eigenvalue weighted by Crippen LogP contribution is 1.79. The first-order valence-electron chi connectivity index (χ1n) is 4.78. The van der Waals surface area contributed by atoms with Crippen LogP contribution < -0.4 is 0 Å². The summed E-state index contributed by atoms with van der Waals surface area (Å²) in [5, 5.41) is 22.2. The quantitative estimate of drug-likeness (QED) is 0.631. The smallest absolute Gasteiger partial charge is 0.300 e. The minimum absolute atomic E-state index is 0. The van der Waals surface area contributed by atoms with Crippen molar-refractivity contribution in [2.24, 2.45) is 0 Å². The number of carboxylic acids is 3. The Morgan fingerprint density at radius 1 is 0.579 bits per heavy atom. The predicted octanol–water partition coefficient (Wildman–Crippen LogP) is 2.02. The van der Waals surface area contributed by atoms with Gasteiger partial charge in [-0.15, -0.1) is 0 Å². The second-order valence-corrected chi connectivity index (χ2v) is 2.71. The number of hydrogen-bond donors (Lipinski definition) is 3. The van der Waals surface area contributed by atoms with Crippen molar-refractivity contribution in [1.29, 1.82) is 0 Å². The molecule has 0 spiro atoms. The molecule has 1 unspecified atom stereocenters. The summed E-state index contributed by atoms with van der Waals surface area (Å²) in [5.74, 6) is -2.50. The Bertz CT molecular complexity index is 259. The van der Waals surface area contributed by atoms with Crippen LogP contribution in [0.2, 0.25) is 0 Å². The summed E-state index contributed by atoms with van der Waals surface area (Å²) in [7, 11) is 0. The first-order chi connectivity index (χ1) is 8.20. The normalized spacial score (nSPS) is 6.47. The molecule has 0 amide bonds. The molecule has 6 nitrogen and oxygen atoms in total. The van der Waals surface area contributed by atoms with Gasteiger partial charge in [-0.2, -0.15) is 9.90 Å². The van der Waals surface area contributed by atoms with E-state index in [4.69, 9.17) is 29.7 Å². The molecule has 0 aliphatic heterocycles. The SMILES string of the molecule is CC(=O)O.CC(=O)O.CC(=O)O.P.c1ccccc1. The fraction of sp³-hybridized carbons (Fsp3) is 0.250. The van der Waals surface area contributed by atoms with Crippen LogP contribution in [0.4, 0.5) is 0 Å². The fourth-order valence-corrected chi connectivity index (χ4v) is 0.385. The lowest BCUT2D eigenvalue weighted by molar-refractivity contribution is -0.135. The van der Waals surface area contributed by atoms with E-state index in [1.54, 1.807) is 0 Å². The Kier molecular flexibility index (Phi) is 29.0. The highest BCUT2D eigenvalue weighted by atomic mass is 31.0. The average Bonchev–Trinajstić information content (AvgIpc) is 2.17. The van der Waals surface area contributed by atoms with E-state index in [-0.39, 0.29) is 9.90 Å². The molecule has 0 bridgehead atoms. The minimum atomic E-state index is -0.833. The molecule has 1 atom stereocenters. The summed E-state index contributed by atoms with van der Waals surface area (Å²) < 4.78 is 0. The molecule has 0 fully saturated rings. The van der Waals surface area contributed by atoms with Crippen molar-refractivity contribution in [2.45, 2.75) is 20.8 Å². The van der Waals surface area contributed by atoms with Crippen LogP contribution in [0.25, 0.3) is 0 Å². The van der Waals surface area contributed by atoms with Crippen LogP contribution >= 0.6 is 9.90 Å². The fourth-order valence-electron chi connectivity index (χ4n) is 0.385. The lowest BCUT2D eigenvalue weighted by atomic mass is 10.4. The second kappa shape index (κ2) is 21.4. The molecule has 0 aliphatic rings. The van der Waals surface area contributed by atoms with E-state index in [1.807, 2.05) is 36.4 Å². The number of aliphatic carboxylic acids is 3. The summed E-state index contributed by atoms with van der Waals surface area (Å²) in [6.07, 6.45) is 0. The Morgan fingerprint density at radius 2 is 0.632 bits per heavy atom. The van der Waals surface area contributed by atoms with Crippen LogP contribution in [0.3, 0.4) is 0 Å². The molecule has 1 aromatic carbocycles. The highest BCUT2D eigenvalue weighted by Gasteiger charge is 1.66. The van der Waals surface area contributed by atoms with Gasteiger partial charge < -0.3 is 15.3 Å². The molecule has 0 saturated carbocycles. The minimum Gasteiger partial charge on any atom is -0.481 e. The van der Waals surface area contributed by atoms with E-state index < -0.39 is 17.9 Å². The van der Waals surface area contributed by atoms with E-state index >= 15 is 0 Å². The molecule has 110 valence electrons. The zero-order valence-electron chi connectivity index (χ0n) is 11.2. The van der Waals surface area contributed by atoms with E-state index in [0.717, 1.165) is 20.8 Å². The van der Waals surface area contributed by atoms with Crippen molar-refractivity contribution in [1.82, 2.24) is 0 Å². The molecule has 7 heteroatoms. The van der Waals surface area contributed by atoms with Gasteiger partial charge in [0.25, 0.3) is 17.9 Å². The average molecular weight is 292 g/mol. The third-order valence-corrected chi connectivity index (χ3v) is 0.667. The first-order valence-corrected chi connectivity index (χ1v) is 4.78. The molecular formula is C12H21O6P. The lowest BCUT2D eigenvalue weighted by Crippen LogP contribution is -1.78. The number of carbonyl (C=O) groups is 3. The third-order valence-electron chi connectivity index (χ3n) is 0.667. The van der Waals surface area contributed by atoms with Crippen molar-refractivity contribution >= 4 is 27.8 Å². The molecule has 3 N–H and O–H groups in total. The van der Waals surface area contributed by atoms with Gasteiger partial charge in [0.2, 0.25) is 0 Å². The van der Waals surface area contributed by atoms with Crippen molar-refractivity contribution in [2.75, 3.05) is 0 Å². The highest BCUT2D eigenvalue weighted by molar-refractivity contribution is 6.92. The molecule has 0 saturated heterocycles. The number of rotatable bonds is 0. The zero-order chi connectivity index (χ0) is 15.0. The summed E-state index contributed by atoms with van der Waals surface area (Å²) in [5.41, 5.74) is 0. The van der Waals surface area contributed by atoms with Gasteiger partial charge >= 0.3 is 0 Å². The second-order valence-electron chi connectivity index (χ2n) is 2.71. The van der Waals surface area contributed by atoms with Gasteiger partial charge in [0.05, 0.1) is 0 Å². The molecule has 0 aromatic heterocycles. The van der Waals surface area contributed by atoms with Crippen molar-refractivity contribution in [3.05, 3.63) is 36.4 Å². The Morgan fingerprint density at radius 3 is 0.684 bits per heavy atom. The van der Waals surface area contributed by atoms with Gasteiger partial charge in [-0.05, 0) is 0 Å². The molecular weight excluding hydrogens is 271 g/mol. The molecule has 0 radical (unpaired) electrons. The number of hydrogen-bond acceptors (Lipinski definition) is 3. The van der Waals surface area contributed by atoms with E-state index in [0.29, 0.717) is 0 Å². The van der Waals surface area contributed by atoms with Crippen LogP contribution in [0.1, 0.15) is 20.8 Å². The maximum absolute atomic E-state index is 9.00. The predicted molar refractivity (Wildman–Crippen MR) is 77.5 cm³/mol. The molecule has 19 heavy (non-hydrogen) atoms. The third kappa shape index (κ3) is 193. The zero-order valence-corrected chi connectivity index (χ0v) is 12.7. The number of benzene rings is 1. The lowest BCUT2D eigenvalue weighted by Gasteiger charge is -1.69. The van der Waals surface area contributed by atoms with Gasteiger partial charge in [0.1, 0.15) is 0 Å². The van der Waals surface area contributed by atoms with Gasteiger partial charge in [-0.25, -0.2) is 0 Å². The van der Waals surface area contributed by atoms with E-state index in [9.17, 15) is 0 Å². The number of carboxylic acid groups (broad SMARTS) is 3. The molecule has 0 heterocycles. The largest absolute Gasteiger partial charge is 0.481 e. The van der Waals surface area contributed by atoms with Crippen molar-refractivity contribution < 1.29 is 29.7 Å². The van der Waals surface area contributed by atoms with Crippen LogP contribution in [-0.4, -0.2) is 33.2 Å². The van der Waals surface area contributed by atoms with Crippen LogP contribution in [0, 0.1) is 0 Å². The Hall–Kier alpha value is -1.94. The standard InChI is InChI=1S/C6H6.3C2H4O2.H3P/c1-2-4-6-5-3-1;3*1-2(3)4;/h1-6H;3*1H3,(H,3,4);1H3. The van der Waals surface area contributed by atoms with Gasteiger partial charge in [-0.3, -0.25) is 14.4 Å². The summed E-state index contributed by atoms with van der Waals surface area (Å²) in [6, 6.07) is 12.0. The van der Waals surface area contributed by atoms with Gasteiger partial charge in [-0.1, -0.05) is 36.4 Å². The Balaban J connectivity index is -0.0000000796. The van der Waals surface area contributed by atoms with Crippen LogP contribution in [0.5, 0.6) is 0 Å². The van der Waals surface area contributed by atoms with E-state index in [2.05, 4.69) is 0 Å². The summed E-state index contributed by atoms with van der Waals surface area (Å²) >= 11 is 0. The maximum Gasteiger partial charge on any atom is 0.300 e. The maximum atomic E-state index is 9.00. The molecule has 0 aliphatic carbocycles. The van der Waals surface area contributed by atoms with Crippen molar-refractivity contribution in [3.63, 3.8) is 0 Å². The first kappa shape index (κ1) is 25.8. The topological polar surface area (TPSA) is 112 Å². The Labute approximate surface area is 115 Å². The van der Waals surface area contributed by atoms with Crippen LogP contribution in [-0.2, 0) is 14.4 Å². The monoisotopic (exact) mass is 292 g/mol. The van der Waals surface area contributed by atoms with Crippen molar-refractivity contribution in [3.8, 4) is 0 Å². The van der Waals surface area contributed by atoms with Gasteiger partial charge in [0, 0.05) is 20.8 Å².